The van der Waals surface area contributed by atoms with Gasteiger partial charge in [-0.25, -0.2) is 4.79 Å². The van der Waals surface area contributed by atoms with Crippen LogP contribution >= 0.6 is 0 Å². The first-order valence-electron chi connectivity index (χ1n) is 6.31. The molecule has 1 aromatic carbocycles. The number of nitrogens with zero attached hydrogens (tertiary/aromatic N) is 1. The van der Waals surface area contributed by atoms with E-state index < -0.39 is 5.97 Å². The molecular formula is C14H20N2O3. The van der Waals surface area contributed by atoms with E-state index in [1.807, 2.05) is 31.0 Å². The molecule has 0 spiro atoms. The monoisotopic (exact) mass is 264 g/mol. The van der Waals surface area contributed by atoms with Gasteiger partial charge in [-0.2, -0.15) is 0 Å². The van der Waals surface area contributed by atoms with Gasteiger partial charge in [0, 0.05) is 13.1 Å². The second kappa shape index (κ2) is 7.53. The molecule has 0 fully saturated rings. The number of hydrogen-bond acceptors (Lipinski definition) is 3. The number of carbonyl (C=O) groups excluding carboxylic acids is 1. The lowest BCUT2D eigenvalue weighted by Gasteiger charge is -2.16. The van der Waals surface area contributed by atoms with Crippen molar-refractivity contribution in [3.8, 4) is 0 Å². The molecule has 0 aliphatic rings. The number of likely N-dealkylation sites (N-methyl/N-ethyl adjacent to an activating group) is 2. The number of nitrogens with one attached hydrogen (secondary N) is 1. The fourth-order valence-electron chi connectivity index (χ4n) is 1.84. The molecule has 1 aromatic rings. The first-order valence-corrected chi connectivity index (χ1v) is 6.31. The molecule has 2 N–H and O–H groups in total. The predicted octanol–water partition coefficient (Wildman–Crippen LogP) is 0.995. The van der Waals surface area contributed by atoms with Crippen LogP contribution in [-0.2, 0) is 11.2 Å². The van der Waals surface area contributed by atoms with Crippen LogP contribution in [0.1, 0.15) is 22.8 Å². The van der Waals surface area contributed by atoms with E-state index in [4.69, 9.17) is 5.11 Å². The van der Waals surface area contributed by atoms with Gasteiger partial charge in [0.05, 0.1) is 12.1 Å². The first kappa shape index (κ1) is 15.2. The van der Waals surface area contributed by atoms with Gasteiger partial charge in [0.25, 0.3) is 0 Å². The van der Waals surface area contributed by atoms with E-state index in [0.29, 0.717) is 31.6 Å². The zero-order chi connectivity index (χ0) is 14.3. The molecule has 19 heavy (non-hydrogen) atoms. The average Bonchev–Trinajstić information content (AvgIpc) is 2.36. The average molecular weight is 264 g/mol. The van der Waals surface area contributed by atoms with Gasteiger partial charge >= 0.3 is 5.97 Å². The maximum absolute atomic E-state index is 11.4. The molecule has 1 rings (SSSR count). The Balaban J connectivity index is 2.52. The van der Waals surface area contributed by atoms with Gasteiger partial charge in [0.1, 0.15) is 0 Å². The fraction of sp³-hybridized carbons (Fsp3) is 0.429. The van der Waals surface area contributed by atoms with Crippen molar-refractivity contribution in [3.63, 3.8) is 0 Å². The van der Waals surface area contributed by atoms with E-state index in [2.05, 4.69) is 5.32 Å². The summed E-state index contributed by atoms with van der Waals surface area (Å²) in [6.45, 7) is 3.46. The van der Waals surface area contributed by atoms with Gasteiger partial charge in [-0.15, -0.1) is 0 Å². The molecule has 0 radical (unpaired) electrons. The van der Waals surface area contributed by atoms with Crippen molar-refractivity contribution < 1.29 is 14.7 Å². The minimum Gasteiger partial charge on any atom is -0.478 e. The van der Waals surface area contributed by atoms with Crippen molar-refractivity contribution in [2.45, 2.75) is 13.3 Å². The van der Waals surface area contributed by atoms with Crippen LogP contribution in [0.25, 0.3) is 0 Å². The van der Waals surface area contributed by atoms with Gasteiger partial charge in [-0.1, -0.05) is 18.2 Å². The second-order valence-corrected chi connectivity index (χ2v) is 4.40. The molecule has 1 amide bonds. The third-order valence-corrected chi connectivity index (χ3v) is 2.80. The minimum atomic E-state index is -0.915. The largest absolute Gasteiger partial charge is 0.478 e. The molecule has 0 saturated heterocycles. The third-order valence-electron chi connectivity index (χ3n) is 2.80. The maximum atomic E-state index is 11.4. The van der Waals surface area contributed by atoms with E-state index in [9.17, 15) is 9.59 Å². The SMILES string of the molecule is CCNC(=O)CN(C)CCc1ccccc1C(=O)O. The summed E-state index contributed by atoms with van der Waals surface area (Å²) in [5.74, 6) is -0.932. The lowest BCUT2D eigenvalue weighted by atomic mass is 10.0. The summed E-state index contributed by atoms with van der Waals surface area (Å²) in [4.78, 5) is 24.3. The first-order chi connectivity index (χ1) is 9.04. The molecule has 0 aliphatic carbocycles. The summed E-state index contributed by atoms with van der Waals surface area (Å²) >= 11 is 0. The number of hydrogen-bond donors (Lipinski definition) is 2. The Kier molecular flexibility index (Phi) is 6.02. The highest BCUT2D eigenvalue weighted by atomic mass is 16.4. The van der Waals surface area contributed by atoms with Crippen LogP contribution in [0.2, 0.25) is 0 Å². The summed E-state index contributed by atoms with van der Waals surface area (Å²) in [7, 11) is 1.85. The Labute approximate surface area is 113 Å². The molecule has 104 valence electrons. The number of carboxylic acid groups (broad SMARTS) is 1. The fourth-order valence-corrected chi connectivity index (χ4v) is 1.84. The van der Waals surface area contributed by atoms with Crippen LogP contribution in [0.3, 0.4) is 0 Å². The Morgan fingerprint density at radius 3 is 2.63 bits per heavy atom. The summed E-state index contributed by atoms with van der Waals surface area (Å²) < 4.78 is 0. The molecule has 0 aliphatic heterocycles. The standard InChI is InChI=1S/C14H20N2O3/c1-3-15-13(17)10-16(2)9-8-11-6-4-5-7-12(11)14(18)19/h4-7H,3,8-10H2,1-2H3,(H,15,17)(H,18,19). The summed E-state index contributed by atoms with van der Waals surface area (Å²) in [6, 6.07) is 6.95. The highest BCUT2D eigenvalue weighted by molar-refractivity contribution is 5.89. The number of benzene rings is 1. The molecule has 0 bridgehead atoms. The molecule has 0 atom stereocenters. The number of amides is 1. The molecule has 0 heterocycles. The van der Waals surface area contributed by atoms with Gasteiger partial charge in [-0.3, -0.25) is 9.69 Å². The second-order valence-electron chi connectivity index (χ2n) is 4.40. The zero-order valence-electron chi connectivity index (χ0n) is 11.3. The Hall–Kier alpha value is -1.88. The Bertz CT molecular complexity index is 446. The minimum absolute atomic E-state index is 0.0171. The third kappa shape index (κ3) is 5.09. The zero-order valence-corrected chi connectivity index (χ0v) is 11.3. The summed E-state index contributed by atoms with van der Waals surface area (Å²) in [6.07, 6.45) is 0.610. The van der Waals surface area contributed by atoms with Crippen LogP contribution in [0.5, 0.6) is 0 Å². The lowest BCUT2D eigenvalue weighted by Crippen LogP contribution is -2.35. The topological polar surface area (TPSA) is 69.6 Å². The van der Waals surface area contributed by atoms with Crippen molar-refractivity contribution >= 4 is 11.9 Å². The molecule has 5 heteroatoms. The summed E-state index contributed by atoms with van der Waals surface area (Å²) in [5, 5.41) is 11.8. The van der Waals surface area contributed by atoms with Crippen molar-refractivity contribution in [2.24, 2.45) is 0 Å². The van der Waals surface area contributed by atoms with Gasteiger partial charge in [0.15, 0.2) is 0 Å². The number of carboxylic acids is 1. The van der Waals surface area contributed by atoms with Crippen molar-refractivity contribution in [3.05, 3.63) is 35.4 Å². The van der Waals surface area contributed by atoms with E-state index >= 15 is 0 Å². The lowest BCUT2D eigenvalue weighted by molar-refractivity contribution is -0.121. The van der Waals surface area contributed by atoms with E-state index in [1.165, 1.54) is 0 Å². The quantitative estimate of drug-likeness (QED) is 0.770. The molecule has 5 nitrogen and oxygen atoms in total. The number of carbonyl (C=O) groups is 2. The Morgan fingerprint density at radius 2 is 2.00 bits per heavy atom. The van der Waals surface area contributed by atoms with E-state index in [1.54, 1.807) is 12.1 Å². The molecule has 0 saturated carbocycles. The van der Waals surface area contributed by atoms with Crippen molar-refractivity contribution in [1.82, 2.24) is 10.2 Å². The van der Waals surface area contributed by atoms with Gasteiger partial charge in [0.2, 0.25) is 5.91 Å². The molecular weight excluding hydrogens is 244 g/mol. The molecule has 0 aromatic heterocycles. The van der Waals surface area contributed by atoms with Gasteiger partial charge in [-0.05, 0) is 32.0 Å². The van der Waals surface area contributed by atoms with Gasteiger partial charge < -0.3 is 10.4 Å². The maximum Gasteiger partial charge on any atom is 0.335 e. The highest BCUT2D eigenvalue weighted by Gasteiger charge is 2.10. The van der Waals surface area contributed by atoms with E-state index in [-0.39, 0.29) is 5.91 Å². The number of rotatable bonds is 7. The van der Waals surface area contributed by atoms with Crippen LogP contribution in [0, 0.1) is 0 Å². The van der Waals surface area contributed by atoms with Crippen molar-refractivity contribution in [1.29, 1.82) is 0 Å². The highest BCUT2D eigenvalue weighted by Crippen LogP contribution is 2.09. The number of aromatic carboxylic acids is 1. The predicted molar refractivity (Wildman–Crippen MR) is 73.3 cm³/mol. The van der Waals surface area contributed by atoms with Crippen LogP contribution in [0.15, 0.2) is 24.3 Å². The van der Waals surface area contributed by atoms with Crippen LogP contribution in [-0.4, -0.2) is 48.6 Å². The van der Waals surface area contributed by atoms with E-state index in [0.717, 1.165) is 5.56 Å². The normalized spacial score (nSPS) is 10.5. The smallest absolute Gasteiger partial charge is 0.335 e. The van der Waals surface area contributed by atoms with Crippen molar-refractivity contribution in [2.75, 3.05) is 26.7 Å². The Morgan fingerprint density at radius 1 is 1.32 bits per heavy atom. The van der Waals surface area contributed by atoms with Crippen LogP contribution in [0.4, 0.5) is 0 Å². The summed E-state index contributed by atoms with van der Waals surface area (Å²) in [5.41, 5.74) is 1.12. The van der Waals surface area contributed by atoms with Crippen LogP contribution < -0.4 is 5.32 Å². The molecule has 0 unspecified atom stereocenters.